The molecule has 1 aromatic heterocycles. The molecule has 0 N–H and O–H groups in total. The van der Waals surface area contributed by atoms with Crippen molar-refractivity contribution >= 4 is 11.6 Å². The molecule has 0 spiro atoms. The van der Waals surface area contributed by atoms with Crippen LogP contribution in [-0.2, 0) is 13.5 Å². The Hall–Kier alpha value is -4.57. The topological polar surface area (TPSA) is 80.4 Å². The zero-order valence-electron chi connectivity index (χ0n) is 21.4. The number of benzene rings is 3. The summed E-state index contributed by atoms with van der Waals surface area (Å²) < 4.78 is 13.2. The highest BCUT2D eigenvalue weighted by Gasteiger charge is 2.32. The molecule has 1 amide bonds. The Morgan fingerprint density at radius 3 is 2.59 bits per heavy atom. The third-order valence-corrected chi connectivity index (χ3v) is 6.75. The minimum Gasteiger partial charge on any atom is -0.497 e. The summed E-state index contributed by atoms with van der Waals surface area (Å²) in [6, 6.07) is 21.2. The molecule has 37 heavy (non-hydrogen) atoms. The number of aryl methyl sites for hydroxylation is 2. The van der Waals surface area contributed by atoms with Crippen LogP contribution in [0.25, 0.3) is 11.3 Å². The van der Waals surface area contributed by atoms with Crippen LogP contribution in [0.15, 0.2) is 66.9 Å². The SMILES string of the molecule is COc1ccc(C#N)c(N2C(=O)c3cc(Cc4ccc(-c5ccn(C)n5)cc4)c(C)cc3OC[C@H]2C)c1. The van der Waals surface area contributed by atoms with Gasteiger partial charge in [0.05, 0.1) is 35.7 Å². The second-order valence-corrected chi connectivity index (χ2v) is 9.35. The Morgan fingerprint density at radius 1 is 1.14 bits per heavy atom. The van der Waals surface area contributed by atoms with Crippen molar-refractivity contribution in [2.24, 2.45) is 7.05 Å². The quantitative estimate of drug-likeness (QED) is 0.378. The highest BCUT2D eigenvalue weighted by Crippen LogP contribution is 2.35. The first-order valence-electron chi connectivity index (χ1n) is 12.1. The number of anilines is 1. The van der Waals surface area contributed by atoms with Crippen molar-refractivity contribution in [2.75, 3.05) is 18.6 Å². The van der Waals surface area contributed by atoms with Crippen LogP contribution in [-0.4, -0.2) is 35.4 Å². The molecule has 0 bridgehead atoms. The fourth-order valence-corrected chi connectivity index (χ4v) is 4.68. The Kier molecular flexibility index (Phi) is 6.41. The minimum absolute atomic E-state index is 0.198. The zero-order chi connectivity index (χ0) is 26.1. The third kappa shape index (κ3) is 4.66. The van der Waals surface area contributed by atoms with Crippen molar-refractivity contribution in [3.05, 3.63) is 94.7 Å². The van der Waals surface area contributed by atoms with Crippen LogP contribution in [0.5, 0.6) is 11.5 Å². The summed E-state index contributed by atoms with van der Waals surface area (Å²) >= 11 is 0. The number of ether oxygens (including phenoxy) is 2. The monoisotopic (exact) mass is 492 g/mol. The highest BCUT2D eigenvalue weighted by atomic mass is 16.5. The van der Waals surface area contributed by atoms with Gasteiger partial charge in [-0.15, -0.1) is 0 Å². The van der Waals surface area contributed by atoms with Crippen LogP contribution < -0.4 is 14.4 Å². The molecule has 0 radical (unpaired) electrons. The van der Waals surface area contributed by atoms with E-state index in [1.165, 1.54) is 0 Å². The number of fused-ring (bicyclic) bond motifs is 1. The molecule has 1 aliphatic rings. The molecular weight excluding hydrogens is 464 g/mol. The van der Waals surface area contributed by atoms with E-state index in [4.69, 9.17) is 9.47 Å². The van der Waals surface area contributed by atoms with E-state index in [0.717, 1.165) is 27.9 Å². The minimum atomic E-state index is -0.276. The summed E-state index contributed by atoms with van der Waals surface area (Å²) in [4.78, 5) is 15.6. The van der Waals surface area contributed by atoms with Crippen molar-refractivity contribution < 1.29 is 14.3 Å². The van der Waals surface area contributed by atoms with Gasteiger partial charge in [-0.3, -0.25) is 9.48 Å². The predicted octanol–water partition coefficient (Wildman–Crippen LogP) is 5.29. The first kappa shape index (κ1) is 24.1. The van der Waals surface area contributed by atoms with Gasteiger partial charge in [-0.1, -0.05) is 24.3 Å². The summed E-state index contributed by atoms with van der Waals surface area (Å²) in [5.74, 6) is 0.946. The van der Waals surface area contributed by atoms with Crippen molar-refractivity contribution in [3.63, 3.8) is 0 Å². The number of hydrogen-bond donors (Lipinski definition) is 0. The van der Waals surface area contributed by atoms with Crippen LogP contribution >= 0.6 is 0 Å². The number of aromatic nitrogens is 2. The number of amides is 1. The Morgan fingerprint density at radius 2 is 1.92 bits per heavy atom. The predicted molar refractivity (Wildman–Crippen MR) is 142 cm³/mol. The summed E-state index contributed by atoms with van der Waals surface area (Å²) in [6.07, 6.45) is 2.60. The van der Waals surface area contributed by atoms with Gasteiger partial charge in [0.2, 0.25) is 0 Å². The number of carbonyl (C=O) groups is 1. The summed E-state index contributed by atoms with van der Waals surface area (Å²) in [6.45, 7) is 4.27. The van der Waals surface area contributed by atoms with E-state index in [1.54, 1.807) is 34.9 Å². The molecule has 5 rings (SSSR count). The van der Waals surface area contributed by atoms with Gasteiger partial charge in [-0.05, 0) is 67.3 Å². The van der Waals surface area contributed by atoms with Crippen molar-refractivity contribution in [1.29, 1.82) is 5.26 Å². The molecule has 0 saturated carbocycles. The van der Waals surface area contributed by atoms with Crippen LogP contribution in [0, 0.1) is 18.3 Å². The van der Waals surface area contributed by atoms with Crippen LogP contribution in [0.4, 0.5) is 5.69 Å². The van der Waals surface area contributed by atoms with E-state index in [0.29, 0.717) is 41.3 Å². The van der Waals surface area contributed by atoms with E-state index in [1.807, 2.05) is 45.3 Å². The number of rotatable bonds is 5. The summed E-state index contributed by atoms with van der Waals surface area (Å²) in [5.41, 5.74) is 6.64. The molecule has 7 nitrogen and oxygen atoms in total. The third-order valence-electron chi connectivity index (χ3n) is 6.75. The van der Waals surface area contributed by atoms with Crippen molar-refractivity contribution in [3.8, 4) is 28.8 Å². The van der Waals surface area contributed by atoms with E-state index >= 15 is 0 Å². The van der Waals surface area contributed by atoms with E-state index in [2.05, 4.69) is 35.4 Å². The Bertz CT molecular complexity index is 1520. The molecule has 0 fully saturated rings. The molecular formula is C30H28N4O3. The number of nitrogens with zero attached hydrogens (tertiary/aromatic N) is 4. The largest absolute Gasteiger partial charge is 0.497 e. The lowest BCUT2D eigenvalue weighted by Crippen LogP contribution is -2.40. The first-order valence-corrected chi connectivity index (χ1v) is 12.1. The first-order chi connectivity index (χ1) is 17.9. The number of methoxy groups -OCH3 is 1. The highest BCUT2D eigenvalue weighted by molar-refractivity contribution is 6.09. The standard InChI is InChI=1S/C30H28N4O3/c1-19-13-29-26(15-24(19)14-21-5-7-22(8-6-21)27-11-12-33(3)32-27)30(35)34(20(2)18-37-29)28-16-25(36-4)10-9-23(28)17-31/h5-13,15-16,20H,14,18H2,1-4H3/t20-/m1/s1. The molecule has 3 aromatic carbocycles. The van der Waals surface area contributed by atoms with Gasteiger partial charge in [-0.25, -0.2) is 0 Å². The zero-order valence-corrected chi connectivity index (χ0v) is 21.4. The Balaban J connectivity index is 1.49. The van der Waals surface area contributed by atoms with Gasteiger partial charge in [0.1, 0.15) is 24.2 Å². The lowest BCUT2D eigenvalue weighted by atomic mass is 9.96. The van der Waals surface area contributed by atoms with E-state index in [9.17, 15) is 10.1 Å². The molecule has 0 aliphatic carbocycles. The fraction of sp³-hybridized carbons (Fsp3) is 0.233. The van der Waals surface area contributed by atoms with Gasteiger partial charge in [0, 0.05) is 24.9 Å². The fourth-order valence-electron chi connectivity index (χ4n) is 4.68. The molecule has 0 saturated heterocycles. The molecule has 2 heterocycles. The van der Waals surface area contributed by atoms with Gasteiger partial charge in [0.15, 0.2) is 0 Å². The molecule has 4 aromatic rings. The maximum Gasteiger partial charge on any atom is 0.262 e. The molecule has 7 heteroatoms. The Labute approximate surface area is 216 Å². The normalized spacial score (nSPS) is 14.9. The van der Waals surface area contributed by atoms with Gasteiger partial charge in [-0.2, -0.15) is 10.4 Å². The molecule has 0 unspecified atom stereocenters. The number of hydrogen-bond acceptors (Lipinski definition) is 5. The molecule has 1 aliphatic heterocycles. The maximum absolute atomic E-state index is 13.9. The smallest absolute Gasteiger partial charge is 0.262 e. The number of nitriles is 1. The average Bonchev–Trinajstić information content (AvgIpc) is 3.30. The second-order valence-electron chi connectivity index (χ2n) is 9.35. The van der Waals surface area contributed by atoms with Gasteiger partial charge >= 0.3 is 0 Å². The summed E-state index contributed by atoms with van der Waals surface area (Å²) in [7, 11) is 3.47. The van der Waals surface area contributed by atoms with Crippen molar-refractivity contribution in [2.45, 2.75) is 26.3 Å². The maximum atomic E-state index is 13.9. The van der Waals surface area contributed by atoms with Crippen LogP contribution in [0.1, 0.15) is 39.5 Å². The van der Waals surface area contributed by atoms with Gasteiger partial charge in [0.25, 0.3) is 5.91 Å². The molecule has 186 valence electrons. The lowest BCUT2D eigenvalue weighted by molar-refractivity contribution is 0.0981. The van der Waals surface area contributed by atoms with Gasteiger partial charge < -0.3 is 14.4 Å². The average molecular weight is 493 g/mol. The van der Waals surface area contributed by atoms with Crippen molar-refractivity contribution in [1.82, 2.24) is 9.78 Å². The molecule has 1 atom stereocenters. The number of carbonyl (C=O) groups excluding carboxylic acids is 1. The second kappa shape index (κ2) is 9.82. The lowest BCUT2D eigenvalue weighted by Gasteiger charge is -2.27. The van der Waals surface area contributed by atoms with E-state index < -0.39 is 0 Å². The van der Waals surface area contributed by atoms with Crippen LogP contribution in [0.2, 0.25) is 0 Å². The summed E-state index contributed by atoms with van der Waals surface area (Å²) in [5, 5.41) is 14.2. The van der Waals surface area contributed by atoms with Crippen LogP contribution in [0.3, 0.4) is 0 Å². The van der Waals surface area contributed by atoms with E-state index in [-0.39, 0.29) is 11.9 Å².